The molecule has 1 aromatic heterocycles. The van der Waals surface area contributed by atoms with Crippen molar-refractivity contribution in [1.29, 1.82) is 0 Å². The minimum absolute atomic E-state index is 0.584. The molecule has 1 fully saturated rings. The molecule has 0 amide bonds. The SMILES string of the molecule is CC1CCN(c2cnccn2)CC1CN. The van der Waals surface area contributed by atoms with E-state index in [4.69, 9.17) is 5.73 Å². The highest BCUT2D eigenvalue weighted by molar-refractivity contribution is 5.35. The van der Waals surface area contributed by atoms with Gasteiger partial charge in [0.25, 0.3) is 0 Å². The lowest BCUT2D eigenvalue weighted by atomic mass is 9.87. The number of piperidine rings is 1. The standard InChI is InChI=1S/C11H18N4/c1-9-2-5-15(8-10(9)6-12)11-7-13-3-4-14-11/h3-4,7,9-10H,2,5-6,8,12H2,1H3. The summed E-state index contributed by atoms with van der Waals surface area (Å²) in [6, 6.07) is 0. The summed E-state index contributed by atoms with van der Waals surface area (Å²) < 4.78 is 0. The number of nitrogens with zero attached hydrogens (tertiary/aromatic N) is 3. The van der Waals surface area contributed by atoms with Crippen LogP contribution in [0.4, 0.5) is 5.82 Å². The summed E-state index contributed by atoms with van der Waals surface area (Å²) in [4.78, 5) is 10.7. The van der Waals surface area contributed by atoms with Gasteiger partial charge in [0.1, 0.15) is 5.82 Å². The lowest BCUT2D eigenvalue weighted by molar-refractivity contribution is 0.307. The van der Waals surface area contributed by atoms with Gasteiger partial charge < -0.3 is 10.6 Å². The van der Waals surface area contributed by atoms with E-state index < -0.39 is 0 Å². The zero-order valence-corrected chi connectivity index (χ0v) is 9.13. The maximum Gasteiger partial charge on any atom is 0.147 e. The fourth-order valence-electron chi connectivity index (χ4n) is 2.12. The minimum Gasteiger partial charge on any atom is -0.355 e. The first-order valence-electron chi connectivity index (χ1n) is 5.52. The minimum atomic E-state index is 0.584. The van der Waals surface area contributed by atoms with Crippen LogP contribution in [-0.4, -0.2) is 29.6 Å². The molecule has 1 saturated heterocycles. The molecule has 2 N–H and O–H groups in total. The van der Waals surface area contributed by atoms with E-state index in [1.165, 1.54) is 6.42 Å². The van der Waals surface area contributed by atoms with Gasteiger partial charge in [-0.1, -0.05) is 6.92 Å². The van der Waals surface area contributed by atoms with Gasteiger partial charge in [-0.3, -0.25) is 4.98 Å². The summed E-state index contributed by atoms with van der Waals surface area (Å²) in [5.74, 6) is 2.28. The van der Waals surface area contributed by atoms with Crippen molar-refractivity contribution in [2.75, 3.05) is 24.5 Å². The van der Waals surface area contributed by atoms with Crippen molar-refractivity contribution >= 4 is 5.82 Å². The zero-order valence-electron chi connectivity index (χ0n) is 9.13. The van der Waals surface area contributed by atoms with Crippen molar-refractivity contribution < 1.29 is 0 Å². The Morgan fingerprint density at radius 3 is 3.07 bits per heavy atom. The molecule has 4 heteroatoms. The summed E-state index contributed by atoms with van der Waals surface area (Å²) in [6.45, 7) is 5.12. The molecule has 15 heavy (non-hydrogen) atoms. The highest BCUT2D eigenvalue weighted by Crippen LogP contribution is 2.24. The molecule has 2 rings (SSSR count). The Kier molecular flexibility index (Phi) is 3.16. The van der Waals surface area contributed by atoms with Gasteiger partial charge in [0.15, 0.2) is 0 Å². The van der Waals surface area contributed by atoms with Crippen molar-refractivity contribution in [1.82, 2.24) is 9.97 Å². The predicted molar refractivity (Wildman–Crippen MR) is 60.6 cm³/mol. The first kappa shape index (κ1) is 10.4. The summed E-state index contributed by atoms with van der Waals surface area (Å²) in [7, 11) is 0. The molecule has 0 aromatic carbocycles. The van der Waals surface area contributed by atoms with E-state index in [1.54, 1.807) is 12.4 Å². The molecule has 2 atom stereocenters. The van der Waals surface area contributed by atoms with Crippen LogP contribution in [0.3, 0.4) is 0 Å². The van der Waals surface area contributed by atoms with Gasteiger partial charge in [0.05, 0.1) is 6.20 Å². The lowest BCUT2D eigenvalue weighted by Crippen LogP contribution is -2.43. The monoisotopic (exact) mass is 206 g/mol. The van der Waals surface area contributed by atoms with E-state index in [0.29, 0.717) is 5.92 Å². The Labute approximate surface area is 90.5 Å². The molecule has 0 spiro atoms. The molecule has 2 unspecified atom stereocenters. The van der Waals surface area contributed by atoms with Gasteiger partial charge in [-0.25, -0.2) is 4.98 Å². The smallest absolute Gasteiger partial charge is 0.147 e. The van der Waals surface area contributed by atoms with Gasteiger partial charge >= 0.3 is 0 Å². The van der Waals surface area contributed by atoms with Crippen molar-refractivity contribution in [2.45, 2.75) is 13.3 Å². The number of hydrogen-bond donors (Lipinski definition) is 1. The Hall–Kier alpha value is -1.16. The van der Waals surface area contributed by atoms with Gasteiger partial charge in [-0.05, 0) is 24.8 Å². The van der Waals surface area contributed by atoms with Gasteiger partial charge in [-0.2, -0.15) is 0 Å². The first-order valence-corrected chi connectivity index (χ1v) is 5.52. The molecule has 0 radical (unpaired) electrons. The van der Waals surface area contributed by atoms with Crippen molar-refractivity contribution in [2.24, 2.45) is 17.6 Å². The predicted octanol–water partition coefficient (Wildman–Crippen LogP) is 0.898. The van der Waals surface area contributed by atoms with Crippen LogP contribution >= 0.6 is 0 Å². The molecular weight excluding hydrogens is 188 g/mol. The fraction of sp³-hybridized carbons (Fsp3) is 0.636. The lowest BCUT2D eigenvalue weighted by Gasteiger charge is -2.37. The molecular formula is C11H18N4. The summed E-state index contributed by atoms with van der Waals surface area (Å²) >= 11 is 0. The number of rotatable bonds is 2. The molecule has 2 heterocycles. The Bertz CT molecular complexity index is 301. The van der Waals surface area contributed by atoms with Crippen LogP contribution in [0.25, 0.3) is 0 Å². The maximum absolute atomic E-state index is 5.77. The number of anilines is 1. The van der Waals surface area contributed by atoms with Crippen LogP contribution < -0.4 is 10.6 Å². The number of nitrogens with two attached hydrogens (primary N) is 1. The van der Waals surface area contributed by atoms with Crippen LogP contribution in [-0.2, 0) is 0 Å². The van der Waals surface area contributed by atoms with Crippen LogP contribution in [0.15, 0.2) is 18.6 Å². The van der Waals surface area contributed by atoms with E-state index in [-0.39, 0.29) is 0 Å². The molecule has 82 valence electrons. The Morgan fingerprint density at radius 2 is 2.40 bits per heavy atom. The van der Waals surface area contributed by atoms with Crippen molar-refractivity contribution in [3.05, 3.63) is 18.6 Å². The molecule has 1 aromatic rings. The van der Waals surface area contributed by atoms with E-state index in [9.17, 15) is 0 Å². The van der Waals surface area contributed by atoms with E-state index in [1.807, 2.05) is 6.20 Å². The van der Waals surface area contributed by atoms with Crippen molar-refractivity contribution in [3.63, 3.8) is 0 Å². The van der Waals surface area contributed by atoms with Gasteiger partial charge in [0.2, 0.25) is 0 Å². The third-order valence-corrected chi connectivity index (χ3v) is 3.29. The van der Waals surface area contributed by atoms with Crippen LogP contribution in [0.5, 0.6) is 0 Å². The second-order valence-electron chi connectivity index (χ2n) is 4.27. The molecule has 1 aliphatic heterocycles. The zero-order chi connectivity index (χ0) is 10.7. The molecule has 0 saturated carbocycles. The quantitative estimate of drug-likeness (QED) is 0.781. The molecule has 0 bridgehead atoms. The first-order chi connectivity index (χ1) is 7.31. The van der Waals surface area contributed by atoms with E-state index in [2.05, 4.69) is 21.8 Å². The van der Waals surface area contributed by atoms with E-state index in [0.717, 1.165) is 31.4 Å². The van der Waals surface area contributed by atoms with Gasteiger partial charge in [-0.15, -0.1) is 0 Å². The Balaban J connectivity index is 2.06. The van der Waals surface area contributed by atoms with Crippen molar-refractivity contribution in [3.8, 4) is 0 Å². The van der Waals surface area contributed by atoms with Crippen LogP contribution in [0.1, 0.15) is 13.3 Å². The highest BCUT2D eigenvalue weighted by atomic mass is 15.2. The maximum atomic E-state index is 5.77. The van der Waals surface area contributed by atoms with Crippen LogP contribution in [0, 0.1) is 11.8 Å². The van der Waals surface area contributed by atoms with Gasteiger partial charge in [0, 0.05) is 25.5 Å². The second-order valence-corrected chi connectivity index (χ2v) is 4.27. The summed E-state index contributed by atoms with van der Waals surface area (Å²) in [5.41, 5.74) is 5.77. The largest absolute Gasteiger partial charge is 0.355 e. The third-order valence-electron chi connectivity index (χ3n) is 3.29. The molecule has 4 nitrogen and oxygen atoms in total. The average Bonchev–Trinajstić information content (AvgIpc) is 2.31. The molecule has 0 aliphatic carbocycles. The normalized spacial score (nSPS) is 26.7. The van der Waals surface area contributed by atoms with Crippen LogP contribution in [0.2, 0.25) is 0 Å². The Morgan fingerprint density at radius 1 is 1.53 bits per heavy atom. The topological polar surface area (TPSA) is 55.0 Å². The average molecular weight is 206 g/mol. The fourth-order valence-corrected chi connectivity index (χ4v) is 2.12. The van der Waals surface area contributed by atoms with E-state index >= 15 is 0 Å². The summed E-state index contributed by atoms with van der Waals surface area (Å²) in [5, 5.41) is 0. The number of aromatic nitrogens is 2. The third kappa shape index (κ3) is 2.26. The highest BCUT2D eigenvalue weighted by Gasteiger charge is 2.25. The number of hydrogen-bond acceptors (Lipinski definition) is 4. The second kappa shape index (κ2) is 4.57. The summed E-state index contributed by atoms with van der Waals surface area (Å²) in [6.07, 6.45) is 6.46. The molecule has 1 aliphatic rings.